The number of carbonyl (C=O) groups excluding carboxylic acids is 1. The molecule has 1 unspecified atom stereocenters. The normalized spacial score (nSPS) is 16.7. The van der Waals surface area contributed by atoms with Crippen molar-refractivity contribution < 1.29 is 4.79 Å². The highest BCUT2D eigenvalue weighted by Crippen LogP contribution is 2.39. The minimum absolute atomic E-state index is 0.0496. The summed E-state index contributed by atoms with van der Waals surface area (Å²) in [5, 5.41) is 0.764. The van der Waals surface area contributed by atoms with Crippen LogP contribution in [0.3, 0.4) is 0 Å². The molecule has 1 aliphatic heterocycles. The van der Waals surface area contributed by atoms with Gasteiger partial charge in [-0.05, 0) is 41.0 Å². The molecule has 0 radical (unpaired) electrons. The molecule has 4 rings (SSSR count). The Morgan fingerprint density at radius 3 is 2.23 bits per heavy atom. The molecule has 26 heavy (non-hydrogen) atoms. The molecular formula is C22H18ClNOS. The van der Waals surface area contributed by atoms with Gasteiger partial charge >= 0.3 is 0 Å². The highest BCUT2D eigenvalue weighted by molar-refractivity contribution is 7.99. The summed E-state index contributed by atoms with van der Waals surface area (Å²) >= 11 is 7.79. The van der Waals surface area contributed by atoms with Crippen molar-refractivity contribution in [2.24, 2.45) is 0 Å². The van der Waals surface area contributed by atoms with E-state index in [0.717, 1.165) is 34.6 Å². The Morgan fingerprint density at radius 1 is 0.885 bits per heavy atom. The molecule has 1 fully saturated rings. The van der Waals surface area contributed by atoms with E-state index in [-0.39, 0.29) is 11.3 Å². The van der Waals surface area contributed by atoms with Crippen LogP contribution in [-0.4, -0.2) is 23.1 Å². The zero-order valence-corrected chi connectivity index (χ0v) is 15.7. The third-order valence-electron chi connectivity index (χ3n) is 4.55. The first kappa shape index (κ1) is 17.2. The highest BCUT2D eigenvalue weighted by Gasteiger charge is 2.31. The molecule has 1 saturated heterocycles. The lowest BCUT2D eigenvalue weighted by molar-refractivity contribution is 0.0760. The van der Waals surface area contributed by atoms with Crippen LogP contribution in [0, 0.1) is 0 Å². The van der Waals surface area contributed by atoms with Gasteiger partial charge in [0.2, 0.25) is 0 Å². The third-order valence-corrected chi connectivity index (χ3v) is 6.06. The first-order valence-electron chi connectivity index (χ1n) is 8.56. The van der Waals surface area contributed by atoms with Crippen LogP contribution in [0.5, 0.6) is 0 Å². The molecule has 0 aromatic heterocycles. The van der Waals surface area contributed by atoms with Gasteiger partial charge in [-0.2, -0.15) is 0 Å². The number of carbonyl (C=O) groups is 1. The van der Waals surface area contributed by atoms with Gasteiger partial charge in [-0.3, -0.25) is 4.79 Å². The van der Waals surface area contributed by atoms with Crippen molar-refractivity contribution in [3.8, 4) is 11.1 Å². The maximum Gasteiger partial charge on any atom is 0.255 e. The fourth-order valence-corrected chi connectivity index (χ4v) is 4.57. The largest absolute Gasteiger partial charge is 0.322 e. The fourth-order valence-electron chi connectivity index (χ4n) is 3.18. The summed E-state index contributed by atoms with van der Waals surface area (Å²) in [5.74, 6) is 1.02. The standard InChI is InChI=1S/C22H18ClNOS/c23-20-12-10-19(11-13-20)22-24(14-15-26-22)21(25)18-8-6-17(7-9-18)16-4-2-1-3-5-16/h1-13,22H,14-15H2. The summed E-state index contributed by atoms with van der Waals surface area (Å²) < 4.78 is 0. The molecule has 0 aliphatic carbocycles. The average Bonchev–Trinajstić information content (AvgIpc) is 3.19. The quantitative estimate of drug-likeness (QED) is 0.565. The molecule has 2 nitrogen and oxygen atoms in total. The Kier molecular flexibility index (Phi) is 5.00. The molecule has 0 bridgehead atoms. The van der Waals surface area contributed by atoms with E-state index in [1.165, 1.54) is 0 Å². The number of hydrogen-bond acceptors (Lipinski definition) is 2. The van der Waals surface area contributed by atoms with Crippen LogP contribution in [0.1, 0.15) is 21.3 Å². The number of rotatable bonds is 3. The molecule has 1 atom stereocenters. The Bertz CT molecular complexity index is 894. The molecular weight excluding hydrogens is 362 g/mol. The van der Waals surface area contributed by atoms with E-state index in [0.29, 0.717) is 5.02 Å². The molecule has 0 spiro atoms. The maximum atomic E-state index is 13.0. The molecule has 0 N–H and O–H groups in total. The van der Waals surface area contributed by atoms with Crippen LogP contribution in [0.15, 0.2) is 78.9 Å². The monoisotopic (exact) mass is 379 g/mol. The van der Waals surface area contributed by atoms with Gasteiger partial charge in [0.15, 0.2) is 0 Å². The van der Waals surface area contributed by atoms with Crippen molar-refractivity contribution in [1.29, 1.82) is 0 Å². The first-order valence-corrected chi connectivity index (χ1v) is 9.98. The van der Waals surface area contributed by atoms with Crippen LogP contribution in [-0.2, 0) is 0 Å². The van der Waals surface area contributed by atoms with Gasteiger partial charge in [0, 0.05) is 22.9 Å². The van der Waals surface area contributed by atoms with Crippen LogP contribution < -0.4 is 0 Å². The molecule has 130 valence electrons. The summed E-state index contributed by atoms with van der Waals surface area (Å²) in [6, 6.07) is 25.8. The Labute approximate surface area is 162 Å². The SMILES string of the molecule is O=C(c1ccc(-c2ccccc2)cc1)N1CCSC1c1ccc(Cl)cc1. The van der Waals surface area contributed by atoms with E-state index >= 15 is 0 Å². The van der Waals surface area contributed by atoms with E-state index in [9.17, 15) is 4.79 Å². The lowest BCUT2D eigenvalue weighted by Gasteiger charge is -2.24. The molecule has 0 saturated carbocycles. The average molecular weight is 380 g/mol. The van der Waals surface area contributed by atoms with Crippen molar-refractivity contribution in [3.63, 3.8) is 0 Å². The van der Waals surface area contributed by atoms with E-state index in [2.05, 4.69) is 12.1 Å². The highest BCUT2D eigenvalue weighted by atomic mass is 35.5. The molecule has 4 heteroatoms. The minimum Gasteiger partial charge on any atom is -0.322 e. The van der Waals surface area contributed by atoms with E-state index in [1.54, 1.807) is 11.8 Å². The van der Waals surface area contributed by atoms with Gasteiger partial charge in [-0.25, -0.2) is 0 Å². The molecule has 1 amide bonds. The second-order valence-electron chi connectivity index (χ2n) is 6.22. The summed E-state index contributed by atoms with van der Waals surface area (Å²) in [7, 11) is 0. The number of thioether (sulfide) groups is 1. The van der Waals surface area contributed by atoms with Gasteiger partial charge in [-0.15, -0.1) is 11.8 Å². The lowest BCUT2D eigenvalue weighted by Crippen LogP contribution is -2.30. The van der Waals surface area contributed by atoms with Gasteiger partial charge in [0.1, 0.15) is 5.37 Å². The van der Waals surface area contributed by atoms with Gasteiger partial charge in [0.25, 0.3) is 5.91 Å². The number of nitrogens with zero attached hydrogens (tertiary/aromatic N) is 1. The zero-order chi connectivity index (χ0) is 17.9. The van der Waals surface area contributed by atoms with Crippen LogP contribution in [0.4, 0.5) is 0 Å². The zero-order valence-electron chi connectivity index (χ0n) is 14.1. The van der Waals surface area contributed by atoms with Crippen molar-refractivity contribution in [2.45, 2.75) is 5.37 Å². The molecule has 1 heterocycles. The van der Waals surface area contributed by atoms with Crippen LogP contribution >= 0.6 is 23.4 Å². The van der Waals surface area contributed by atoms with Crippen molar-refractivity contribution in [1.82, 2.24) is 4.90 Å². The topological polar surface area (TPSA) is 20.3 Å². The van der Waals surface area contributed by atoms with Crippen LogP contribution in [0.2, 0.25) is 5.02 Å². The molecule has 3 aromatic rings. The maximum absolute atomic E-state index is 13.0. The molecule has 1 aliphatic rings. The lowest BCUT2D eigenvalue weighted by atomic mass is 10.0. The van der Waals surface area contributed by atoms with Crippen molar-refractivity contribution >= 4 is 29.3 Å². The summed E-state index contributed by atoms with van der Waals surface area (Å²) in [5.41, 5.74) is 4.12. The van der Waals surface area contributed by atoms with Gasteiger partial charge in [0.05, 0.1) is 0 Å². The van der Waals surface area contributed by atoms with Gasteiger partial charge in [-0.1, -0.05) is 66.2 Å². The predicted octanol–water partition coefficient (Wildman–Crippen LogP) is 5.89. The first-order chi connectivity index (χ1) is 12.7. The minimum atomic E-state index is 0.0496. The second kappa shape index (κ2) is 7.56. The smallest absolute Gasteiger partial charge is 0.255 e. The summed E-state index contributed by atoms with van der Waals surface area (Å²) in [6.45, 7) is 0.761. The molecule has 3 aromatic carbocycles. The summed E-state index contributed by atoms with van der Waals surface area (Å²) in [4.78, 5) is 15.0. The Balaban J connectivity index is 1.55. The van der Waals surface area contributed by atoms with E-state index < -0.39 is 0 Å². The Hall–Kier alpha value is -2.23. The summed E-state index contributed by atoms with van der Waals surface area (Å²) in [6.07, 6.45) is 0. The van der Waals surface area contributed by atoms with Crippen molar-refractivity contribution in [2.75, 3.05) is 12.3 Å². The van der Waals surface area contributed by atoms with Crippen LogP contribution in [0.25, 0.3) is 11.1 Å². The van der Waals surface area contributed by atoms with E-state index in [1.807, 2.05) is 71.6 Å². The predicted molar refractivity (Wildman–Crippen MR) is 110 cm³/mol. The van der Waals surface area contributed by atoms with Gasteiger partial charge < -0.3 is 4.90 Å². The number of benzene rings is 3. The third kappa shape index (κ3) is 3.50. The van der Waals surface area contributed by atoms with Crippen molar-refractivity contribution in [3.05, 3.63) is 95.0 Å². The van der Waals surface area contributed by atoms with E-state index in [4.69, 9.17) is 11.6 Å². The Morgan fingerprint density at radius 2 is 1.54 bits per heavy atom. The fraction of sp³-hybridized carbons (Fsp3) is 0.136. The number of amides is 1. The number of hydrogen-bond donors (Lipinski definition) is 0. The second-order valence-corrected chi connectivity index (χ2v) is 7.84. The number of halogens is 1.